The molecule has 1 aromatic heterocycles. The highest BCUT2D eigenvalue weighted by atomic mass is 16.2. The van der Waals surface area contributed by atoms with E-state index in [1.807, 2.05) is 30.3 Å². The van der Waals surface area contributed by atoms with Gasteiger partial charge in [0.15, 0.2) is 5.69 Å². The molecule has 17 heavy (non-hydrogen) atoms. The quantitative estimate of drug-likeness (QED) is 0.446. The van der Waals surface area contributed by atoms with Crippen LogP contribution in [-0.2, 0) is 0 Å². The zero-order valence-electron chi connectivity index (χ0n) is 8.98. The molecule has 2 aromatic rings. The van der Waals surface area contributed by atoms with Crippen molar-refractivity contribution in [2.24, 2.45) is 5.11 Å². The van der Waals surface area contributed by atoms with Crippen molar-refractivity contribution in [3.8, 4) is 5.69 Å². The number of carbonyl (C=O) groups excluding carboxylic acids is 1. The molecule has 0 aliphatic heterocycles. The third-order valence-corrected chi connectivity index (χ3v) is 2.23. The summed E-state index contributed by atoms with van der Waals surface area (Å²) in [6, 6.07) is 9.26. The number of rotatable bonds is 2. The average Bonchev–Trinajstić information content (AvgIpc) is 2.72. The van der Waals surface area contributed by atoms with Crippen molar-refractivity contribution < 1.29 is 4.79 Å². The minimum Gasteiger partial charge on any atom is -0.285 e. The Bertz CT molecular complexity index is 597. The summed E-state index contributed by atoms with van der Waals surface area (Å²) in [6.45, 7) is 1.69. The van der Waals surface area contributed by atoms with Crippen molar-refractivity contribution in [1.82, 2.24) is 15.0 Å². The van der Waals surface area contributed by atoms with Crippen LogP contribution in [0.2, 0.25) is 0 Å². The second kappa shape index (κ2) is 4.46. The van der Waals surface area contributed by atoms with Crippen LogP contribution in [0.4, 0.5) is 0 Å². The number of hydrogen-bond donors (Lipinski definition) is 0. The van der Waals surface area contributed by atoms with Gasteiger partial charge in [0.1, 0.15) is 0 Å². The molecule has 0 bridgehead atoms. The molecule has 0 unspecified atom stereocenters. The molecule has 2 rings (SSSR count). The molecular formula is C10H8N6O. The van der Waals surface area contributed by atoms with Crippen LogP contribution in [0.5, 0.6) is 0 Å². The molecule has 0 N–H and O–H groups in total. The van der Waals surface area contributed by atoms with E-state index in [-0.39, 0.29) is 5.69 Å². The van der Waals surface area contributed by atoms with E-state index in [9.17, 15) is 4.79 Å². The van der Waals surface area contributed by atoms with Gasteiger partial charge in [-0.15, -0.1) is 5.10 Å². The SMILES string of the molecule is Cc1c(C(=O)N=[N+]=[N-])nnn1-c1ccccc1. The second-order valence-electron chi connectivity index (χ2n) is 3.27. The van der Waals surface area contributed by atoms with Crippen LogP contribution < -0.4 is 0 Å². The number of aromatic nitrogens is 3. The van der Waals surface area contributed by atoms with Gasteiger partial charge in [-0.25, -0.2) is 4.68 Å². The van der Waals surface area contributed by atoms with Crippen molar-refractivity contribution in [3.63, 3.8) is 0 Å². The molecule has 0 aliphatic rings. The van der Waals surface area contributed by atoms with E-state index in [4.69, 9.17) is 5.53 Å². The Labute approximate surface area is 96.3 Å². The third kappa shape index (κ3) is 1.99. The molecule has 7 nitrogen and oxygen atoms in total. The molecule has 0 aliphatic carbocycles. The molecule has 1 aromatic carbocycles. The highest BCUT2D eigenvalue weighted by Gasteiger charge is 2.15. The minimum atomic E-state index is -0.729. The van der Waals surface area contributed by atoms with Gasteiger partial charge >= 0.3 is 0 Å². The van der Waals surface area contributed by atoms with E-state index < -0.39 is 5.91 Å². The fourth-order valence-electron chi connectivity index (χ4n) is 1.43. The van der Waals surface area contributed by atoms with E-state index in [0.29, 0.717) is 5.69 Å². The highest BCUT2D eigenvalue weighted by Crippen LogP contribution is 2.12. The van der Waals surface area contributed by atoms with E-state index >= 15 is 0 Å². The van der Waals surface area contributed by atoms with Gasteiger partial charge in [0.2, 0.25) is 0 Å². The lowest BCUT2D eigenvalue weighted by atomic mass is 10.3. The van der Waals surface area contributed by atoms with Gasteiger partial charge in [-0.1, -0.05) is 23.4 Å². The first-order chi connectivity index (χ1) is 8.24. The smallest absolute Gasteiger partial charge is 0.271 e. The van der Waals surface area contributed by atoms with E-state index in [2.05, 4.69) is 20.3 Å². The van der Waals surface area contributed by atoms with Gasteiger partial charge < -0.3 is 0 Å². The predicted octanol–water partition coefficient (Wildman–Crippen LogP) is 2.03. The lowest BCUT2D eigenvalue weighted by Crippen LogP contribution is -2.01. The normalized spacial score (nSPS) is 9.71. The van der Waals surface area contributed by atoms with E-state index in [1.54, 1.807) is 6.92 Å². The van der Waals surface area contributed by atoms with Crippen LogP contribution in [0.25, 0.3) is 16.1 Å². The lowest BCUT2D eigenvalue weighted by Gasteiger charge is -2.01. The number of amides is 1. The molecule has 1 amide bonds. The van der Waals surface area contributed by atoms with Crippen LogP contribution in [-0.4, -0.2) is 20.9 Å². The van der Waals surface area contributed by atoms with Gasteiger partial charge in [0.05, 0.1) is 11.4 Å². The summed E-state index contributed by atoms with van der Waals surface area (Å²) in [6.07, 6.45) is 0. The molecule has 7 heteroatoms. The zero-order chi connectivity index (χ0) is 12.3. The fraction of sp³-hybridized carbons (Fsp3) is 0.100. The van der Waals surface area contributed by atoms with Gasteiger partial charge in [0, 0.05) is 4.91 Å². The fourth-order valence-corrected chi connectivity index (χ4v) is 1.43. The first-order valence-corrected chi connectivity index (χ1v) is 4.81. The van der Waals surface area contributed by atoms with Gasteiger partial charge in [-0.3, -0.25) is 4.79 Å². The van der Waals surface area contributed by atoms with Crippen LogP contribution in [0, 0.1) is 6.92 Å². The Hall–Kier alpha value is -2.66. The Morgan fingerprint density at radius 2 is 2.12 bits per heavy atom. The largest absolute Gasteiger partial charge is 0.285 e. The first-order valence-electron chi connectivity index (χ1n) is 4.81. The third-order valence-electron chi connectivity index (χ3n) is 2.23. The number of azide groups is 1. The van der Waals surface area contributed by atoms with Crippen LogP contribution in [0.3, 0.4) is 0 Å². The minimum absolute atomic E-state index is 0.0617. The number of para-hydroxylation sites is 1. The van der Waals surface area contributed by atoms with Crippen molar-refractivity contribution in [2.75, 3.05) is 0 Å². The molecule has 0 saturated carbocycles. The Morgan fingerprint density at radius 3 is 2.76 bits per heavy atom. The van der Waals surface area contributed by atoms with Gasteiger partial charge in [-0.05, 0) is 29.7 Å². The standard InChI is InChI=1S/C10H8N6O/c1-7-9(10(17)13-14-11)12-15-16(7)8-5-3-2-4-6-8/h2-6H,1H3. The Balaban J connectivity index is 2.47. The molecule has 0 atom stereocenters. The summed E-state index contributed by atoms with van der Waals surface area (Å²) < 4.78 is 1.51. The first kappa shape index (κ1) is 10.8. The summed E-state index contributed by atoms with van der Waals surface area (Å²) in [5, 5.41) is 10.5. The maximum atomic E-state index is 11.4. The monoisotopic (exact) mass is 228 g/mol. The highest BCUT2D eigenvalue weighted by molar-refractivity contribution is 5.93. The Kier molecular flexibility index (Phi) is 2.85. The summed E-state index contributed by atoms with van der Waals surface area (Å²) >= 11 is 0. The average molecular weight is 228 g/mol. The summed E-state index contributed by atoms with van der Waals surface area (Å²) in [5.74, 6) is -0.729. The summed E-state index contributed by atoms with van der Waals surface area (Å²) in [4.78, 5) is 13.8. The molecule has 0 saturated heterocycles. The Morgan fingerprint density at radius 1 is 1.41 bits per heavy atom. The van der Waals surface area contributed by atoms with Crippen LogP contribution in [0.1, 0.15) is 16.2 Å². The van der Waals surface area contributed by atoms with E-state index in [0.717, 1.165) is 5.69 Å². The number of benzene rings is 1. The van der Waals surface area contributed by atoms with Crippen molar-refractivity contribution in [3.05, 3.63) is 52.2 Å². The van der Waals surface area contributed by atoms with Crippen molar-refractivity contribution in [2.45, 2.75) is 6.92 Å². The molecular weight excluding hydrogens is 220 g/mol. The maximum Gasteiger partial charge on any atom is 0.271 e. The molecule has 0 radical (unpaired) electrons. The molecule has 0 fully saturated rings. The van der Waals surface area contributed by atoms with Gasteiger partial charge in [0.25, 0.3) is 5.91 Å². The van der Waals surface area contributed by atoms with Crippen LogP contribution >= 0.6 is 0 Å². The predicted molar refractivity (Wildman–Crippen MR) is 59.6 cm³/mol. The number of nitrogens with zero attached hydrogens (tertiary/aromatic N) is 6. The van der Waals surface area contributed by atoms with E-state index in [1.165, 1.54) is 4.68 Å². The number of carbonyl (C=O) groups is 1. The lowest BCUT2D eigenvalue weighted by molar-refractivity contribution is 0.0995. The molecule has 84 valence electrons. The van der Waals surface area contributed by atoms with Crippen molar-refractivity contribution >= 4 is 5.91 Å². The maximum absolute atomic E-state index is 11.4. The summed E-state index contributed by atoms with van der Waals surface area (Å²) in [7, 11) is 0. The van der Waals surface area contributed by atoms with Crippen LogP contribution in [0.15, 0.2) is 35.4 Å². The van der Waals surface area contributed by atoms with Crippen molar-refractivity contribution in [1.29, 1.82) is 0 Å². The molecule has 1 heterocycles. The second-order valence-corrected chi connectivity index (χ2v) is 3.27. The molecule has 0 spiro atoms. The zero-order valence-corrected chi connectivity index (χ0v) is 8.98. The number of hydrogen-bond acceptors (Lipinski definition) is 3. The van der Waals surface area contributed by atoms with Gasteiger partial charge in [-0.2, -0.15) is 0 Å². The summed E-state index contributed by atoms with van der Waals surface area (Å²) in [5.41, 5.74) is 9.58. The topological polar surface area (TPSA) is 96.5 Å².